The molecule has 1 aliphatic rings. The highest BCUT2D eigenvalue weighted by molar-refractivity contribution is 5.78. The van der Waals surface area contributed by atoms with Gasteiger partial charge in [-0.3, -0.25) is 4.79 Å². The molecule has 33 heavy (non-hydrogen) atoms. The number of rotatable bonds is 10. The van der Waals surface area contributed by atoms with Crippen molar-refractivity contribution in [1.29, 1.82) is 0 Å². The Morgan fingerprint density at radius 2 is 1.79 bits per heavy atom. The molecule has 2 unspecified atom stereocenters. The number of methoxy groups -OCH3 is 2. The number of ether oxygens (including phenoxy) is 3. The molecule has 0 saturated carbocycles. The van der Waals surface area contributed by atoms with Crippen molar-refractivity contribution >= 4 is 5.91 Å². The van der Waals surface area contributed by atoms with E-state index in [1.807, 2.05) is 30.0 Å². The number of allylic oxidation sites excluding steroid dienone is 2. The third-order valence-corrected chi connectivity index (χ3v) is 6.20. The van der Waals surface area contributed by atoms with Crippen LogP contribution in [0.1, 0.15) is 72.3 Å². The van der Waals surface area contributed by atoms with Crippen LogP contribution in [-0.2, 0) is 9.53 Å². The highest BCUT2D eigenvalue weighted by atomic mass is 16.5. The third-order valence-electron chi connectivity index (χ3n) is 6.20. The lowest BCUT2D eigenvalue weighted by Gasteiger charge is -2.29. The predicted molar refractivity (Wildman–Crippen MR) is 137 cm³/mol. The number of hydrogen-bond acceptors (Lipinski definition) is 4. The van der Waals surface area contributed by atoms with E-state index in [1.165, 1.54) is 12.0 Å². The Kier molecular flexibility index (Phi) is 12.9. The second-order valence-corrected chi connectivity index (χ2v) is 8.82. The van der Waals surface area contributed by atoms with Gasteiger partial charge in [-0.05, 0) is 48.4 Å². The molecule has 1 heterocycles. The van der Waals surface area contributed by atoms with Gasteiger partial charge in [0.15, 0.2) is 11.5 Å². The summed E-state index contributed by atoms with van der Waals surface area (Å²) in [5.41, 5.74) is 2.27. The molecule has 0 bridgehead atoms. The molecule has 1 aromatic rings. The minimum absolute atomic E-state index is 0.00754. The zero-order valence-electron chi connectivity index (χ0n) is 22.1. The lowest BCUT2D eigenvalue weighted by Crippen LogP contribution is -2.33. The smallest absolute Gasteiger partial charge is 0.248 e. The van der Waals surface area contributed by atoms with Crippen LogP contribution in [0.15, 0.2) is 42.0 Å². The van der Waals surface area contributed by atoms with Gasteiger partial charge in [0.1, 0.15) is 6.61 Å². The summed E-state index contributed by atoms with van der Waals surface area (Å²) in [6, 6.07) is 6.07. The van der Waals surface area contributed by atoms with Gasteiger partial charge in [0.05, 0.1) is 20.8 Å². The highest BCUT2D eigenvalue weighted by Gasteiger charge is 2.44. The summed E-state index contributed by atoms with van der Waals surface area (Å²) >= 11 is 0. The number of hydrogen-bond donors (Lipinski definition) is 0. The molecule has 5 nitrogen and oxygen atoms in total. The molecule has 0 radical (unpaired) electrons. The van der Waals surface area contributed by atoms with Crippen LogP contribution in [-0.4, -0.2) is 51.3 Å². The summed E-state index contributed by atoms with van der Waals surface area (Å²) in [5.74, 6) is 1.73. The summed E-state index contributed by atoms with van der Waals surface area (Å²) in [6.45, 7) is 14.8. The maximum atomic E-state index is 12.9. The van der Waals surface area contributed by atoms with E-state index < -0.39 is 0 Å². The lowest BCUT2D eigenvalue weighted by atomic mass is 9.74. The van der Waals surface area contributed by atoms with Crippen molar-refractivity contribution in [1.82, 2.24) is 4.90 Å². The van der Waals surface area contributed by atoms with E-state index >= 15 is 0 Å². The van der Waals surface area contributed by atoms with E-state index in [-0.39, 0.29) is 23.8 Å². The van der Waals surface area contributed by atoms with Crippen LogP contribution in [0.25, 0.3) is 0 Å². The first kappa shape index (κ1) is 28.8. The quantitative estimate of drug-likeness (QED) is 0.380. The van der Waals surface area contributed by atoms with Gasteiger partial charge < -0.3 is 19.1 Å². The second kappa shape index (κ2) is 14.8. The topological polar surface area (TPSA) is 48.0 Å². The van der Waals surface area contributed by atoms with Crippen LogP contribution in [0.4, 0.5) is 0 Å². The number of likely N-dealkylation sites (tertiary alicyclic amines) is 1. The fourth-order valence-electron chi connectivity index (χ4n) is 4.02. The Bertz CT molecular complexity index is 786. The van der Waals surface area contributed by atoms with Gasteiger partial charge in [0.25, 0.3) is 0 Å². The standard InChI is InChI=1S/C25H37NO4.C3H8/c1-7-10-11-19(8-2)16-30-17-24(27)26-15-21(25(4,9-3)18-26)20-12-13-22(28-5)23(14-20)29-6;1-3-2/h8,10-14,21H,7,9,15-18H2,1-6H3;3H2,1-2H3/b11-10-,19-8+;. The molecule has 1 aliphatic heterocycles. The molecule has 5 heteroatoms. The van der Waals surface area contributed by atoms with Crippen molar-refractivity contribution in [3.8, 4) is 11.5 Å². The fourth-order valence-corrected chi connectivity index (χ4v) is 4.02. The van der Waals surface area contributed by atoms with E-state index in [0.29, 0.717) is 13.2 Å². The Morgan fingerprint density at radius 3 is 2.33 bits per heavy atom. The summed E-state index contributed by atoms with van der Waals surface area (Å²) in [7, 11) is 3.29. The van der Waals surface area contributed by atoms with E-state index in [2.05, 4.69) is 52.8 Å². The van der Waals surface area contributed by atoms with Gasteiger partial charge in [-0.25, -0.2) is 0 Å². The lowest BCUT2D eigenvalue weighted by molar-refractivity contribution is -0.135. The van der Waals surface area contributed by atoms with Gasteiger partial charge in [-0.1, -0.05) is 65.3 Å². The summed E-state index contributed by atoms with van der Waals surface area (Å²) in [5, 5.41) is 0. The van der Waals surface area contributed by atoms with E-state index in [0.717, 1.165) is 36.5 Å². The predicted octanol–water partition coefficient (Wildman–Crippen LogP) is 6.39. The van der Waals surface area contributed by atoms with Crippen LogP contribution in [0.2, 0.25) is 0 Å². The van der Waals surface area contributed by atoms with Gasteiger partial charge >= 0.3 is 0 Å². The monoisotopic (exact) mass is 459 g/mol. The number of carbonyl (C=O) groups is 1. The summed E-state index contributed by atoms with van der Waals surface area (Å²) < 4.78 is 16.6. The normalized spacial score (nSPS) is 20.5. The Morgan fingerprint density at radius 1 is 1.12 bits per heavy atom. The number of nitrogens with zero attached hydrogens (tertiary/aromatic N) is 1. The molecule has 0 aromatic heterocycles. The summed E-state index contributed by atoms with van der Waals surface area (Å²) in [6.07, 6.45) is 9.40. The van der Waals surface area contributed by atoms with E-state index in [9.17, 15) is 4.79 Å². The Labute approximate surface area is 201 Å². The maximum Gasteiger partial charge on any atom is 0.248 e. The molecule has 2 rings (SSSR count). The Balaban J connectivity index is 0.00000172. The minimum atomic E-state index is 0.00754. The molecule has 1 saturated heterocycles. The molecule has 1 fully saturated rings. The average molecular weight is 460 g/mol. The first-order valence-corrected chi connectivity index (χ1v) is 12.2. The maximum absolute atomic E-state index is 12.9. The van der Waals surface area contributed by atoms with E-state index in [4.69, 9.17) is 14.2 Å². The highest BCUT2D eigenvalue weighted by Crippen LogP contribution is 2.46. The number of carbonyl (C=O) groups excluding carboxylic acids is 1. The molecular formula is C28H45NO4. The zero-order chi connectivity index (χ0) is 24.9. The van der Waals surface area contributed by atoms with Crippen LogP contribution < -0.4 is 9.47 Å². The van der Waals surface area contributed by atoms with Gasteiger partial charge in [-0.2, -0.15) is 0 Å². The first-order valence-electron chi connectivity index (χ1n) is 12.2. The van der Waals surface area contributed by atoms with Gasteiger partial charge in [0.2, 0.25) is 5.91 Å². The first-order chi connectivity index (χ1) is 15.8. The van der Waals surface area contributed by atoms with Crippen LogP contribution in [0.5, 0.6) is 11.5 Å². The second-order valence-electron chi connectivity index (χ2n) is 8.82. The van der Waals surface area contributed by atoms with Crippen molar-refractivity contribution in [3.05, 3.63) is 47.6 Å². The molecular weight excluding hydrogens is 414 g/mol. The van der Waals surface area contributed by atoms with Crippen LogP contribution in [0.3, 0.4) is 0 Å². The Hall–Kier alpha value is -2.27. The molecule has 1 aromatic carbocycles. The molecule has 0 N–H and O–H groups in total. The third kappa shape index (κ3) is 8.22. The van der Waals surface area contributed by atoms with Crippen molar-refractivity contribution in [2.24, 2.45) is 5.41 Å². The van der Waals surface area contributed by atoms with E-state index in [1.54, 1.807) is 14.2 Å². The van der Waals surface area contributed by atoms with Crippen LogP contribution >= 0.6 is 0 Å². The molecule has 0 spiro atoms. The number of benzene rings is 1. The molecule has 0 aliphatic carbocycles. The van der Waals surface area contributed by atoms with Crippen molar-refractivity contribution in [2.75, 3.05) is 40.5 Å². The fraction of sp³-hybridized carbons (Fsp3) is 0.607. The van der Waals surface area contributed by atoms with Crippen molar-refractivity contribution in [2.45, 2.75) is 66.7 Å². The molecule has 2 atom stereocenters. The average Bonchev–Trinajstić information content (AvgIpc) is 3.19. The molecule has 186 valence electrons. The SMILES string of the molecule is C/C=C(\C=C/CC)COCC(=O)N1CC(c2ccc(OC)c(OC)c2)C(C)(CC)C1.CCC. The van der Waals surface area contributed by atoms with Crippen LogP contribution in [0, 0.1) is 5.41 Å². The minimum Gasteiger partial charge on any atom is -0.493 e. The largest absolute Gasteiger partial charge is 0.493 e. The van der Waals surface area contributed by atoms with Gasteiger partial charge in [-0.15, -0.1) is 0 Å². The zero-order valence-corrected chi connectivity index (χ0v) is 22.1. The molecule has 1 amide bonds. The van der Waals surface area contributed by atoms with Crippen molar-refractivity contribution < 1.29 is 19.0 Å². The van der Waals surface area contributed by atoms with Crippen molar-refractivity contribution in [3.63, 3.8) is 0 Å². The van der Waals surface area contributed by atoms with Gasteiger partial charge in [0, 0.05) is 19.0 Å². The number of amides is 1. The summed E-state index contributed by atoms with van der Waals surface area (Å²) in [4.78, 5) is 14.8.